The van der Waals surface area contributed by atoms with Crippen molar-refractivity contribution in [3.63, 3.8) is 0 Å². The summed E-state index contributed by atoms with van der Waals surface area (Å²) in [5.41, 5.74) is 1.18. The molecule has 0 radical (unpaired) electrons. The number of carbonyl (C=O) groups excluding carboxylic acids is 1. The van der Waals surface area contributed by atoms with Crippen LogP contribution in [0.5, 0.6) is 0 Å². The molecular weight excluding hydrogens is 342 g/mol. The summed E-state index contributed by atoms with van der Waals surface area (Å²) in [6.07, 6.45) is 5.33. The summed E-state index contributed by atoms with van der Waals surface area (Å²) in [5, 5.41) is 3.73. The van der Waals surface area contributed by atoms with Crippen LogP contribution in [0.25, 0.3) is 10.2 Å². The second-order valence-electron chi connectivity index (χ2n) is 6.27. The average Bonchev–Trinajstić information content (AvgIpc) is 2.93. The van der Waals surface area contributed by atoms with Crippen molar-refractivity contribution >= 4 is 39.2 Å². The minimum atomic E-state index is -0.0287. The maximum absolute atomic E-state index is 12.4. The maximum Gasteiger partial charge on any atom is 0.259 e. The molecule has 0 aromatic carbocycles. The van der Waals surface area contributed by atoms with E-state index in [2.05, 4.69) is 15.3 Å². The molecule has 1 amide bonds. The van der Waals surface area contributed by atoms with Crippen LogP contribution in [-0.4, -0.2) is 27.7 Å². The normalized spacial score (nSPS) is 15.2. The number of nitrogens with one attached hydrogen (secondary N) is 2. The number of nitrogens with zero attached hydrogens (tertiary/aromatic N) is 1. The lowest BCUT2D eigenvalue weighted by Crippen LogP contribution is -2.33. The molecule has 1 atom stereocenters. The Balaban J connectivity index is 1.68. The zero-order valence-corrected chi connectivity index (χ0v) is 15.7. The first-order chi connectivity index (χ1) is 11.6. The van der Waals surface area contributed by atoms with Crippen molar-refractivity contribution in [2.45, 2.75) is 57.7 Å². The molecule has 0 saturated carbocycles. The number of aromatic amines is 1. The van der Waals surface area contributed by atoms with Crippen molar-refractivity contribution < 1.29 is 4.79 Å². The molecule has 130 valence electrons. The predicted octanol–water partition coefficient (Wildman–Crippen LogP) is 3.01. The van der Waals surface area contributed by atoms with Crippen molar-refractivity contribution in [2.24, 2.45) is 0 Å². The van der Waals surface area contributed by atoms with Gasteiger partial charge in [-0.2, -0.15) is 0 Å². The smallest absolute Gasteiger partial charge is 0.259 e. The Morgan fingerprint density at radius 1 is 1.42 bits per heavy atom. The molecule has 0 spiro atoms. The third kappa shape index (κ3) is 3.83. The number of hydrogen-bond acceptors (Lipinski definition) is 5. The molecule has 1 aliphatic carbocycles. The predicted molar refractivity (Wildman–Crippen MR) is 101 cm³/mol. The largest absolute Gasteiger partial charge is 0.353 e. The van der Waals surface area contributed by atoms with Crippen LogP contribution in [0.2, 0.25) is 0 Å². The van der Waals surface area contributed by atoms with E-state index in [0.29, 0.717) is 17.3 Å². The maximum atomic E-state index is 12.4. The van der Waals surface area contributed by atoms with Gasteiger partial charge in [0.1, 0.15) is 10.7 Å². The first-order valence-electron chi connectivity index (χ1n) is 8.49. The van der Waals surface area contributed by atoms with Crippen molar-refractivity contribution in [3.05, 3.63) is 26.6 Å². The topological polar surface area (TPSA) is 74.8 Å². The molecule has 24 heavy (non-hydrogen) atoms. The van der Waals surface area contributed by atoms with Crippen molar-refractivity contribution in [2.75, 3.05) is 5.75 Å². The summed E-state index contributed by atoms with van der Waals surface area (Å²) < 4.78 is 0. The summed E-state index contributed by atoms with van der Waals surface area (Å²) in [5.74, 6) is 1.62. The van der Waals surface area contributed by atoms with E-state index in [9.17, 15) is 9.59 Å². The molecule has 2 N–H and O–H groups in total. The van der Waals surface area contributed by atoms with Gasteiger partial charge in [-0.1, -0.05) is 6.92 Å². The fraction of sp³-hybridized carbons (Fsp3) is 0.588. The molecule has 0 saturated heterocycles. The van der Waals surface area contributed by atoms with Crippen LogP contribution in [0.3, 0.4) is 0 Å². The number of thiophene rings is 1. The zero-order chi connectivity index (χ0) is 17.1. The summed E-state index contributed by atoms with van der Waals surface area (Å²) in [4.78, 5) is 33.9. The first kappa shape index (κ1) is 17.5. The average molecular weight is 366 g/mol. The van der Waals surface area contributed by atoms with Gasteiger partial charge in [-0.3, -0.25) is 9.59 Å². The fourth-order valence-corrected chi connectivity index (χ4v) is 4.92. The molecule has 0 aliphatic heterocycles. The van der Waals surface area contributed by atoms with Gasteiger partial charge in [-0.25, -0.2) is 4.98 Å². The molecule has 1 unspecified atom stereocenters. The molecule has 7 heteroatoms. The second kappa shape index (κ2) is 7.70. The molecule has 0 fully saturated rings. The van der Waals surface area contributed by atoms with Crippen LogP contribution in [0.1, 0.15) is 49.4 Å². The van der Waals surface area contributed by atoms with E-state index in [1.54, 1.807) is 11.3 Å². The van der Waals surface area contributed by atoms with E-state index in [-0.39, 0.29) is 17.5 Å². The standard InChI is InChI=1S/C17H23N3O2S2/c1-3-10(2)18-14(21)9-23-8-13-19-16(22)15-11-6-4-5-7-12(11)24-17(15)20-13/h10H,3-9H2,1-2H3,(H,18,21)(H,19,20,22). The van der Waals surface area contributed by atoms with Gasteiger partial charge in [0.15, 0.2) is 0 Å². The van der Waals surface area contributed by atoms with Crippen LogP contribution in [-0.2, 0) is 23.4 Å². The molecule has 2 heterocycles. The Hall–Kier alpha value is -1.34. The number of rotatable bonds is 6. The Kier molecular flexibility index (Phi) is 5.61. The third-order valence-electron chi connectivity index (χ3n) is 4.37. The Morgan fingerprint density at radius 2 is 2.21 bits per heavy atom. The Bertz CT molecular complexity index is 797. The monoisotopic (exact) mass is 365 g/mol. The van der Waals surface area contributed by atoms with Crippen LogP contribution in [0.4, 0.5) is 0 Å². The van der Waals surface area contributed by atoms with Crippen molar-refractivity contribution in [1.82, 2.24) is 15.3 Å². The highest BCUT2D eigenvalue weighted by molar-refractivity contribution is 7.99. The van der Waals surface area contributed by atoms with Gasteiger partial charge in [-0.05, 0) is 44.6 Å². The molecule has 2 aromatic heterocycles. The number of carbonyl (C=O) groups is 1. The lowest BCUT2D eigenvalue weighted by Gasteiger charge is -2.10. The first-order valence-corrected chi connectivity index (χ1v) is 10.5. The van der Waals surface area contributed by atoms with Gasteiger partial charge in [0, 0.05) is 10.9 Å². The van der Waals surface area contributed by atoms with Crippen molar-refractivity contribution in [3.8, 4) is 0 Å². The summed E-state index contributed by atoms with van der Waals surface area (Å²) in [6.45, 7) is 4.04. The minimum Gasteiger partial charge on any atom is -0.353 e. The quantitative estimate of drug-likeness (QED) is 0.825. The van der Waals surface area contributed by atoms with E-state index in [1.165, 1.54) is 28.6 Å². The number of aromatic nitrogens is 2. The number of thioether (sulfide) groups is 1. The van der Waals surface area contributed by atoms with Gasteiger partial charge in [-0.15, -0.1) is 23.1 Å². The van der Waals surface area contributed by atoms with Crippen LogP contribution < -0.4 is 10.9 Å². The van der Waals surface area contributed by atoms with E-state index in [4.69, 9.17) is 0 Å². The van der Waals surface area contributed by atoms with Gasteiger partial charge in [0.05, 0.1) is 16.9 Å². The minimum absolute atomic E-state index is 0.0287. The lowest BCUT2D eigenvalue weighted by molar-refractivity contribution is -0.119. The third-order valence-corrected chi connectivity index (χ3v) is 6.50. The Morgan fingerprint density at radius 3 is 3.00 bits per heavy atom. The van der Waals surface area contributed by atoms with Gasteiger partial charge in [0.25, 0.3) is 5.56 Å². The number of fused-ring (bicyclic) bond motifs is 3. The molecule has 5 nitrogen and oxygen atoms in total. The van der Waals surface area contributed by atoms with E-state index < -0.39 is 0 Å². The summed E-state index contributed by atoms with van der Waals surface area (Å²) in [7, 11) is 0. The van der Waals surface area contributed by atoms with Crippen LogP contribution >= 0.6 is 23.1 Å². The van der Waals surface area contributed by atoms with E-state index in [0.717, 1.165) is 35.9 Å². The van der Waals surface area contributed by atoms with Gasteiger partial charge < -0.3 is 10.3 Å². The summed E-state index contributed by atoms with van der Waals surface area (Å²) in [6, 6.07) is 0.199. The highest BCUT2D eigenvalue weighted by Crippen LogP contribution is 2.33. The highest BCUT2D eigenvalue weighted by Gasteiger charge is 2.19. The highest BCUT2D eigenvalue weighted by atomic mass is 32.2. The Labute approximate surface area is 149 Å². The SMILES string of the molecule is CCC(C)NC(=O)CSCc1nc2sc3c(c2c(=O)[nH]1)CCCC3. The lowest BCUT2D eigenvalue weighted by atomic mass is 9.97. The molecule has 1 aliphatic rings. The molecule has 0 bridgehead atoms. The van der Waals surface area contributed by atoms with E-state index >= 15 is 0 Å². The number of H-pyrrole nitrogens is 1. The number of amides is 1. The van der Waals surface area contributed by atoms with E-state index in [1.807, 2.05) is 13.8 Å². The number of aryl methyl sites for hydroxylation is 2. The van der Waals surface area contributed by atoms with Crippen LogP contribution in [0, 0.1) is 0 Å². The second-order valence-corrected chi connectivity index (χ2v) is 8.34. The van der Waals surface area contributed by atoms with Gasteiger partial charge in [0.2, 0.25) is 5.91 Å². The fourth-order valence-electron chi connectivity index (χ4n) is 2.94. The number of hydrogen-bond donors (Lipinski definition) is 2. The zero-order valence-electron chi connectivity index (χ0n) is 14.1. The van der Waals surface area contributed by atoms with Crippen LogP contribution in [0.15, 0.2) is 4.79 Å². The molecular formula is C17H23N3O2S2. The molecule has 2 aromatic rings. The van der Waals surface area contributed by atoms with Gasteiger partial charge >= 0.3 is 0 Å². The van der Waals surface area contributed by atoms with Crippen molar-refractivity contribution in [1.29, 1.82) is 0 Å². The molecule has 3 rings (SSSR count). The summed E-state index contributed by atoms with van der Waals surface area (Å²) >= 11 is 3.14.